The number of benzene rings is 1. The lowest BCUT2D eigenvalue weighted by Crippen LogP contribution is -2.54. The minimum Gasteiger partial charge on any atom is -0.377 e. The Labute approximate surface area is 122 Å². The molecule has 20 heavy (non-hydrogen) atoms. The maximum atomic E-state index is 5.92. The molecule has 0 saturated carbocycles. The molecule has 0 radical (unpaired) electrons. The highest BCUT2D eigenvalue weighted by Gasteiger charge is 2.26. The van der Waals surface area contributed by atoms with Crippen molar-refractivity contribution in [3.05, 3.63) is 35.9 Å². The molecule has 2 unspecified atom stereocenters. The minimum atomic E-state index is 0.458. The van der Waals surface area contributed by atoms with Crippen molar-refractivity contribution in [2.45, 2.75) is 37.8 Å². The van der Waals surface area contributed by atoms with Crippen molar-refractivity contribution in [2.75, 3.05) is 32.8 Å². The van der Waals surface area contributed by atoms with Crippen LogP contribution in [0.1, 0.15) is 24.8 Å². The predicted octanol–water partition coefficient (Wildman–Crippen LogP) is 2.07. The third-order valence-electron chi connectivity index (χ3n) is 4.50. The van der Waals surface area contributed by atoms with Gasteiger partial charge in [0, 0.05) is 38.8 Å². The van der Waals surface area contributed by atoms with E-state index in [-0.39, 0.29) is 0 Å². The van der Waals surface area contributed by atoms with E-state index in [9.17, 15) is 0 Å². The maximum absolute atomic E-state index is 5.92. The molecule has 2 fully saturated rings. The topological polar surface area (TPSA) is 24.5 Å². The predicted molar refractivity (Wildman–Crippen MR) is 82.0 cm³/mol. The molecule has 0 bridgehead atoms. The SMILES string of the molecule is c1ccc(CC2CNCCN2CC2CCCCO2)cc1. The third kappa shape index (κ3) is 3.81. The first-order valence-corrected chi connectivity index (χ1v) is 8.02. The number of ether oxygens (including phenoxy) is 1. The van der Waals surface area contributed by atoms with Gasteiger partial charge in [-0.3, -0.25) is 4.90 Å². The summed E-state index contributed by atoms with van der Waals surface area (Å²) in [5.41, 5.74) is 1.44. The Kier molecular flexibility index (Phi) is 5.06. The van der Waals surface area contributed by atoms with Crippen molar-refractivity contribution in [3.63, 3.8) is 0 Å². The molecule has 3 heteroatoms. The highest BCUT2D eigenvalue weighted by molar-refractivity contribution is 5.16. The van der Waals surface area contributed by atoms with Gasteiger partial charge in [-0.1, -0.05) is 30.3 Å². The number of hydrogen-bond donors (Lipinski definition) is 1. The zero-order valence-corrected chi connectivity index (χ0v) is 12.3. The van der Waals surface area contributed by atoms with Crippen molar-refractivity contribution in [1.82, 2.24) is 10.2 Å². The molecule has 110 valence electrons. The molecule has 1 aromatic carbocycles. The van der Waals surface area contributed by atoms with Crippen LogP contribution >= 0.6 is 0 Å². The van der Waals surface area contributed by atoms with Crippen LogP contribution in [-0.2, 0) is 11.2 Å². The Morgan fingerprint density at radius 1 is 1.20 bits per heavy atom. The van der Waals surface area contributed by atoms with Crippen LogP contribution in [-0.4, -0.2) is 49.8 Å². The Balaban J connectivity index is 1.58. The summed E-state index contributed by atoms with van der Waals surface area (Å²) in [4.78, 5) is 2.64. The first-order valence-electron chi connectivity index (χ1n) is 8.02. The zero-order chi connectivity index (χ0) is 13.6. The zero-order valence-electron chi connectivity index (χ0n) is 12.3. The molecule has 2 atom stereocenters. The highest BCUT2D eigenvalue weighted by atomic mass is 16.5. The fraction of sp³-hybridized carbons (Fsp3) is 0.647. The lowest BCUT2D eigenvalue weighted by molar-refractivity contribution is -0.0171. The second-order valence-electron chi connectivity index (χ2n) is 6.03. The molecule has 2 aliphatic heterocycles. The number of piperazine rings is 1. The van der Waals surface area contributed by atoms with Gasteiger partial charge >= 0.3 is 0 Å². The van der Waals surface area contributed by atoms with E-state index in [1.807, 2.05) is 0 Å². The molecule has 2 aliphatic rings. The van der Waals surface area contributed by atoms with Gasteiger partial charge in [0.2, 0.25) is 0 Å². The molecule has 1 N–H and O–H groups in total. The lowest BCUT2D eigenvalue weighted by atomic mass is 10.0. The van der Waals surface area contributed by atoms with Gasteiger partial charge < -0.3 is 10.1 Å². The summed E-state index contributed by atoms with van der Waals surface area (Å²) >= 11 is 0. The van der Waals surface area contributed by atoms with Crippen LogP contribution in [0.4, 0.5) is 0 Å². The summed E-state index contributed by atoms with van der Waals surface area (Å²) in [6.07, 6.45) is 5.41. The Hall–Kier alpha value is -0.900. The second-order valence-corrected chi connectivity index (χ2v) is 6.03. The summed E-state index contributed by atoms with van der Waals surface area (Å²) in [6.45, 7) is 5.43. The minimum absolute atomic E-state index is 0.458. The van der Waals surface area contributed by atoms with E-state index in [1.54, 1.807) is 0 Å². The molecule has 1 aromatic rings. The molecule has 2 saturated heterocycles. The van der Waals surface area contributed by atoms with Crippen molar-refractivity contribution in [3.8, 4) is 0 Å². The van der Waals surface area contributed by atoms with Crippen LogP contribution in [0.3, 0.4) is 0 Å². The fourth-order valence-electron chi connectivity index (χ4n) is 3.34. The summed E-state index contributed by atoms with van der Waals surface area (Å²) in [7, 11) is 0. The summed E-state index contributed by atoms with van der Waals surface area (Å²) in [5, 5.41) is 3.54. The molecule has 3 rings (SSSR count). The van der Waals surface area contributed by atoms with Gasteiger partial charge in [0.1, 0.15) is 0 Å². The number of hydrogen-bond acceptors (Lipinski definition) is 3. The molecule has 2 heterocycles. The van der Waals surface area contributed by atoms with Crippen molar-refractivity contribution in [2.24, 2.45) is 0 Å². The monoisotopic (exact) mass is 274 g/mol. The van der Waals surface area contributed by atoms with E-state index in [0.717, 1.165) is 39.2 Å². The summed E-state index contributed by atoms with van der Waals surface area (Å²) < 4.78 is 5.92. The van der Waals surface area contributed by atoms with Crippen molar-refractivity contribution < 1.29 is 4.74 Å². The molecule has 0 spiro atoms. The number of nitrogens with zero attached hydrogens (tertiary/aromatic N) is 1. The summed E-state index contributed by atoms with van der Waals surface area (Å²) in [6, 6.07) is 11.5. The highest BCUT2D eigenvalue weighted by Crippen LogP contribution is 2.17. The van der Waals surface area contributed by atoms with Crippen LogP contribution in [0.15, 0.2) is 30.3 Å². The Bertz CT molecular complexity index is 389. The average Bonchev–Trinajstić information content (AvgIpc) is 2.51. The van der Waals surface area contributed by atoms with Crippen LogP contribution < -0.4 is 5.32 Å². The molecule has 0 aromatic heterocycles. The standard InChI is InChI=1S/C17H26N2O/c1-2-6-15(7-3-1)12-16-13-18-9-10-19(16)14-17-8-4-5-11-20-17/h1-3,6-7,16-18H,4-5,8-14H2. The van der Waals surface area contributed by atoms with E-state index in [0.29, 0.717) is 12.1 Å². The molecule has 3 nitrogen and oxygen atoms in total. The first kappa shape index (κ1) is 14.1. The van der Waals surface area contributed by atoms with Gasteiger partial charge in [-0.25, -0.2) is 0 Å². The molecule has 0 aliphatic carbocycles. The largest absolute Gasteiger partial charge is 0.377 e. The third-order valence-corrected chi connectivity index (χ3v) is 4.50. The van der Waals surface area contributed by atoms with Gasteiger partial charge in [0.05, 0.1) is 6.10 Å². The number of rotatable bonds is 4. The fourth-order valence-corrected chi connectivity index (χ4v) is 3.34. The van der Waals surface area contributed by atoms with E-state index in [2.05, 4.69) is 40.5 Å². The molecular formula is C17H26N2O. The van der Waals surface area contributed by atoms with E-state index in [1.165, 1.54) is 24.8 Å². The van der Waals surface area contributed by atoms with Crippen LogP contribution in [0.2, 0.25) is 0 Å². The van der Waals surface area contributed by atoms with E-state index in [4.69, 9.17) is 4.74 Å². The molecule has 0 amide bonds. The van der Waals surface area contributed by atoms with E-state index < -0.39 is 0 Å². The van der Waals surface area contributed by atoms with Gasteiger partial charge in [-0.2, -0.15) is 0 Å². The van der Waals surface area contributed by atoms with Crippen LogP contribution in [0, 0.1) is 0 Å². The van der Waals surface area contributed by atoms with E-state index >= 15 is 0 Å². The van der Waals surface area contributed by atoms with Gasteiger partial charge in [0.15, 0.2) is 0 Å². The maximum Gasteiger partial charge on any atom is 0.0702 e. The lowest BCUT2D eigenvalue weighted by Gasteiger charge is -2.39. The second kappa shape index (κ2) is 7.21. The first-order chi connectivity index (χ1) is 9.92. The number of nitrogens with one attached hydrogen (secondary N) is 1. The molecular weight excluding hydrogens is 248 g/mol. The quantitative estimate of drug-likeness (QED) is 0.910. The smallest absolute Gasteiger partial charge is 0.0702 e. The summed E-state index contributed by atoms with van der Waals surface area (Å²) in [5.74, 6) is 0. The van der Waals surface area contributed by atoms with Gasteiger partial charge in [0.25, 0.3) is 0 Å². The Morgan fingerprint density at radius 3 is 2.90 bits per heavy atom. The average molecular weight is 274 g/mol. The van der Waals surface area contributed by atoms with Crippen LogP contribution in [0.25, 0.3) is 0 Å². The van der Waals surface area contributed by atoms with Gasteiger partial charge in [-0.15, -0.1) is 0 Å². The van der Waals surface area contributed by atoms with Crippen LogP contribution in [0.5, 0.6) is 0 Å². The normalized spacial score (nSPS) is 28.4. The van der Waals surface area contributed by atoms with Crippen molar-refractivity contribution >= 4 is 0 Å². The van der Waals surface area contributed by atoms with Crippen molar-refractivity contribution in [1.29, 1.82) is 0 Å². The van der Waals surface area contributed by atoms with Gasteiger partial charge in [-0.05, 0) is 31.2 Å². The Morgan fingerprint density at radius 2 is 2.10 bits per heavy atom.